The Balaban J connectivity index is 1.56. The van der Waals surface area contributed by atoms with Gasteiger partial charge in [-0.15, -0.1) is 0 Å². The monoisotopic (exact) mass is 461 g/mol. The highest BCUT2D eigenvalue weighted by atomic mass is 16.6. The van der Waals surface area contributed by atoms with Gasteiger partial charge in [0, 0.05) is 19.3 Å². The number of epoxide rings is 2. The number of carboxylic acids is 1. The minimum absolute atomic E-state index is 0.110. The van der Waals surface area contributed by atoms with E-state index in [2.05, 4.69) is 6.08 Å². The van der Waals surface area contributed by atoms with E-state index in [-0.39, 0.29) is 17.6 Å². The molecule has 0 aromatic rings. The first kappa shape index (κ1) is 25.4. The van der Waals surface area contributed by atoms with E-state index in [1.54, 1.807) is 25.3 Å². The zero-order valence-corrected chi connectivity index (χ0v) is 19.6. The molecule has 1 saturated carbocycles. The lowest BCUT2D eigenvalue weighted by molar-refractivity contribution is -0.167. The Morgan fingerprint density at radius 1 is 1.18 bits per heavy atom. The normalized spacial score (nSPS) is 35.4. The molecule has 0 bridgehead atoms. The van der Waals surface area contributed by atoms with Crippen molar-refractivity contribution in [2.45, 2.75) is 75.6 Å². The summed E-state index contributed by atoms with van der Waals surface area (Å²) in [5.41, 5.74) is 6.66. The van der Waals surface area contributed by atoms with Crippen molar-refractivity contribution in [1.29, 1.82) is 0 Å². The number of hydrogen-bond donors (Lipinski definition) is 2. The number of carboxylic acid groups (broad SMARTS) is 1. The van der Waals surface area contributed by atoms with Crippen LogP contribution in [0, 0.1) is 5.92 Å². The van der Waals surface area contributed by atoms with Gasteiger partial charge in [-0.1, -0.05) is 36.0 Å². The Kier molecular flexibility index (Phi) is 8.28. The molecule has 182 valence electrons. The highest BCUT2D eigenvalue weighted by Crippen LogP contribution is 2.57. The van der Waals surface area contributed by atoms with Crippen LogP contribution < -0.4 is 5.73 Å². The van der Waals surface area contributed by atoms with E-state index in [1.807, 2.05) is 19.9 Å². The van der Waals surface area contributed by atoms with Gasteiger partial charge in [-0.2, -0.15) is 0 Å². The van der Waals surface area contributed by atoms with Gasteiger partial charge in [0.25, 0.3) is 0 Å². The van der Waals surface area contributed by atoms with Crippen molar-refractivity contribution < 1.29 is 33.6 Å². The molecular weight excluding hydrogens is 426 g/mol. The van der Waals surface area contributed by atoms with Crippen molar-refractivity contribution >= 4 is 11.9 Å². The first-order valence-corrected chi connectivity index (χ1v) is 11.4. The second kappa shape index (κ2) is 10.8. The molecule has 3 aliphatic rings. The molecule has 33 heavy (non-hydrogen) atoms. The number of allylic oxidation sites excluding steroid dienone is 5. The van der Waals surface area contributed by atoms with Crippen LogP contribution in [0.5, 0.6) is 0 Å². The first-order valence-electron chi connectivity index (χ1n) is 11.4. The van der Waals surface area contributed by atoms with Gasteiger partial charge in [0.1, 0.15) is 23.9 Å². The third-order valence-corrected chi connectivity index (χ3v) is 6.43. The van der Waals surface area contributed by atoms with Gasteiger partial charge in [0.05, 0.1) is 12.5 Å². The summed E-state index contributed by atoms with van der Waals surface area (Å²) in [6, 6.07) is 0. The number of ether oxygens (including phenoxy) is 4. The van der Waals surface area contributed by atoms with Gasteiger partial charge in [-0.3, -0.25) is 0 Å². The maximum atomic E-state index is 12.4. The predicted octanol–water partition coefficient (Wildman–Crippen LogP) is 3.04. The van der Waals surface area contributed by atoms with Crippen LogP contribution in [0.1, 0.15) is 46.0 Å². The summed E-state index contributed by atoms with van der Waals surface area (Å²) in [7, 11) is 1.61. The molecule has 8 heteroatoms. The summed E-state index contributed by atoms with van der Waals surface area (Å²) >= 11 is 0. The van der Waals surface area contributed by atoms with Crippen LogP contribution in [0.2, 0.25) is 0 Å². The quantitative estimate of drug-likeness (QED) is 0.120. The fraction of sp³-hybridized carbons (Fsp3) is 0.600. The molecule has 8 nitrogen and oxygen atoms in total. The SMILES string of the molecule is CO[C@@H]1[C@H](OC(=O)/C=C/C=C/CC/C=C/C(=O)O)CC[C@]2(CO2)[C@H]1[C@@]1(N)O[C@@H]1CC=C(C)C. The zero-order chi connectivity index (χ0) is 24.1. The molecule has 2 saturated heterocycles. The van der Waals surface area contributed by atoms with Gasteiger partial charge < -0.3 is 29.8 Å². The second-order valence-electron chi connectivity index (χ2n) is 9.13. The number of hydrogen-bond acceptors (Lipinski definition) is 7. The van der Waals surface area contributed by atoms with E-state index in [4.69, 9.17) is 29.8 Å². The molecule has 3 fully saturated rings. The molecule has 2 aliphatic heterocycles. The van der Waals surface area contributed by atoms with Crippen molar-refractivity contribution in [3.8, 4) is 0 Å². The number of rotatable bonds is 11. The number of carbonyl (C=O) groups excluding carboxylic acids is 1. The Hall–Kier alpha value is -2.26. The minimum Gasteiger partial charge on any atom is -0.478 e. The van der Waals surface area contributed by atoms with E-state index >= 15 is 0 Å². The summed E-state index contributed by atoms with van der Waals surface area (Å²) in [6.45, 7) is 4.70. The smallest absolute Gasteiger partial charge is 0.331 e. The van der Waals surface area contributed by atoms with Crippen molar-refractivity contribution in [2.75, 3.05) is 13.7 Å². The van der Waals surface area contributed by atoms with E-state index in [0.29, 0.717) is 25.9 Å². The number of carbonyl (C=O) groups is 2. The van der Waals surface area contributed by atoms with Crippen LogP contribution >= 0.6 is 0 Å². The average molecular weight is 462 g/mol. The van der Waals surface area contributed by atoms with E-state index in [1.165, 1.54) is 11.6 Å². The highest BCUT2D eigenvalue weighted by Gasteiger charge is 2.73. The molecule has 6 atom stereocenters. The Bertz CT molecular complexity index is 838. The van der Waals surface area contributed by atoms with Crippen LogP contribution in [-0.2, 0) is 28.5 Å². The Morgan fingerprint density at radius 3 is 2.55 bits per heavy atom. The van der Waals surface area contributed by atoms with Crippen LogP contribution in [0.4, 0.5) is 0 Å². The Labute approximate surface area is 195 Å². The predicted molar refractivity (Wildman–Crippen MR) is 122 cm³/mol. The molecule has 1 spiro atoms. The highest BCUT2D eigenvalue weighted by molar-refractivity contribution is 5.82. The van der Waals surface area contributed by atoms with Gasteiger partial charge >= 0.3 is 11.9 Å². The number of methoxy groups -OCH3 is 1. The number of esters is 1. The standard InChI is InChI=1S/C25H35NO7/c1-17(2)12-13-19-25(26,33-19)23-22(30-3)18(14-15-24(23)16-31-24)32-21(29)11-9-7-5-4-6-8-10-20(27)28/h5,7-12,18-19,22-23H,4,6,13-16,26H2,1-3H3,(H,27,28)/b7-5+,10-8+,11-9+/t18-,19-,22-,23+,24+,25+/m1/s1. The number of aliphatic carboxylic acids is 1. The zero-order valence-electron chi connectivity index (χ0n) is 19.6. The third kappa shape index (κ3) is 6.41. The van der Waals surface area contributed by atoms with Crippen LogP contribution in [0.15, 0.2) is 48.1 Å². The lowest BCUT2D eigenvalue weighted by atomic mass is 9.70. The molecule has 0 aromatic heterocycles. The van der Waals surface area contributed by atoms with Crippen LogP contribution in [-0.4, -0.2) is 60.4 Å². The topological polar surface area (TPSA) is 124 Å². The summed E-state index contributed by atoms with van der Waals surface area (Å²) < 4.78 is 23.4. The fourth-order valence-electron chi connectivity index (χ4n) is 4.65. The minimum atomic E-state index is -0.961. The molecule has 0 unspecified atom stereocenters. The second-order valence-corrected chi connectivity index (χ2v) is 9.13. The molecule has 1 aliphatic carbocycles. The molecule has 3 rings (SSSR count). The summed E-state index contributed by atoms with van der Waals surface area (Å²) in [6.07, 6.45) is 13.8. The fourth-order valence-corrected chi connectivity index (χ4v) is 4.65. The van der Waals surface area contributed by atoms with Gasteiger partial charge in [-0.05, 0) is 46.0 Å². The number of unbranched alkanes of at least 4 members (excludes halogenated alkanes) is 1. The lowest BCUT2D eigenvalue weighted by Crippen LogP contribution is -2.59. The molecular formula is C25H35NO7. The molecule has 0 aromatic carbocycles. The molecule has 3 N–H and O–H groups in total. The van der Waals surface area contributed by atoms with Crippen molar-refractivity contribution in [2.24, 2.45) is 11.7 Å². The van der Waals surface area contributed by atoms with Crippen molar-refractivity contribution in [3.63, 3.8) is 0 Å². The maximum Gasteiger partial charge on any atom is 0.331 e. The van der Waals surface area contributed by atoms with Gasteiger partial charge in [-0.25, -0.2) is 9.59 Å². The molecule has 0 radical (unpaired) electrons. The lowest BCUT2D eigenvalue weighted by Gasteiger charge is -2.42. The largest absolute Gasteiger partial charge is 0.478 e. The third-order valence-electron chi connectivity index (χ3n) is 6.43. The number of nitrogens with two attached hydrogens (primary N) is 1. The summed E-state index contributed by atoms with van der Waals surface area (Å²) in [4.78, 5) is 22.8. The van der Waals surface area contributed by atoms with Crippen LogP contribution in [0.25, 0.3) is 0 Å². The maximum absolute atomic E-state index is 12.4. The van der Waals surface area contributed by atoms with Crippen molar-refractivity contribution in [1.82, 2.24) is 0 Å². The summed E-state index contributed by atoms with van der Waals surface area (Å²) in [5.74, 6) is -1.63. The van der Waals surface area contributed by atoms with Gasteiger partial charge in [0.2, 0.25) is 0 Å². The van der Waals surface area contributed by atoms with E-state index in [9.17, 15) is 9.59 Å². The summed E-state index contributed by atoms with van der Waals surface area (Å²) in [5, 5.41) is 8.54. The van der Waals surface area contributed by atoms with E-state index in [0.717, 1.165) is 18.9 Å². The molecule has 2 heterocycles. The van der Waals surface area contributed by atoms with Crippen molar-refractivity contribution in [3.05, 3.63) is 48.1 Å². The Morgan fingerprint density at radius 2 is 1.91 bits per heavy atom. The van der Waals surface area contributed by atoms with E-state index < -0.39 is 29.9 Å². The average Bonchev–Trinajstić information content (AvgIpc) is 3.67. The van der Waals surface area contributed by atoms with Crippen LogP contribution in [0.3, 0.4) is 0 Å². The molecule has 0 amide bonds. The van der Waals surface area contributed by atoms with Gasteiger partial charge in [0.15, 0.2) is 5.72 Å². The first-order chi connectivity index (χ1) is 15.7.